The Balaban J connectivity index is 2.20. The van der Waals surface area contributed by atoms with Gasteiger partial charge in [-0.2, -0.15) is 0 Å². The molecule has 4 N–H and O–H groups in total. The molecule has 0 bridgehead atoms. The minimum absolute atomic E-state index is 0.302. The van der Waals surface area contributed by atoms with E-state index in [9.17, 15) is 20.1 Å². The number of hydrogen-bond acceptors (Lipinski definition) is 6. The van der Waals surface area contributed by atoms with Gasteiger partial charge >= 0.3 is 0 Å². The second-order valence-electron chi connectivity index (χ2n) is 5.95. The summed E-state index contributed by atoms with van der Waals surface area (Å²) in [7, 11) is 0. The predicted octanol–water partition coefficient (Wildman–Crippen LogP) is -0.573. The number of nitrogens with one attached hydrogen (secondary N) is 1. The third-order valence-corrected chi connectivity index (χ3v) is 4.18. The van der Waals surface area contributed by atoms with Crippen molar-refractivity contribution < 1.29 is 20.1 Å². The first-order chi connectivity index (χ1) is 11.3. The van der Waals surface area contributed by atoms with Crippen molar-refractivity contribution in [3.05, 3.63) is 28.4 Å². The second-order valence-corrected chi connectivity index (χ2v) is 5.95. The normalized spacial score (nSPS) is 31.0. The molecule has 5 atom stereocenters. The molecule has 0 amide bonds. The van der Waals surface area contributed by atoms with E-state index in [2.05, 4.69) is 21.8 Å². The lowest BCUT2D eigenvalue weighted by Crippen LogP contribution is -2.47. The minimum atomic E-state index is -1.94. The third-order valence-electron chi connectivity index (χ3n) is 4.18. The SMILES string of the molecule is CC#CC1(O)[C@@H](O)[C@@H]([C@H](C)O)O[C@H]1n1ccc2c(=O)[nH]c(C)nc21. The minimum Gasteiger partial charge on any atom is -0.391 e. The maximum atomic E-state index is 12.0. The summed E-state index contributed by atoms with van der Waals surface area (Å²) in [4.78, 5) is 18.9. The fourth-order valence-corrected chi connectivity index (χ4v) is 3.06. The molecule has 24 heavy (non-hydrogen) atoms. The molecule has 0 radical (unpaired) electrons. The average Bonchev–Trinajstić information content (AvgIpc) is 3.00. The predicted molar refractivity (Wildman–Crippen MR) is 85.1 cm³/mol. The van der Waals surface area contributed by atoms with Crippen LogP contribution >= 0.6 is 0 Å². The van der Waals surface area contributed by atoms with Crippen molar-refractivity contribution in [3.63, 3.8) is 0 Å². The molecule has 2 aromatic rings. The van der Waals surface area contributed by atoms with Crippen LogP contribution in [0.2, 0.25) is 0 Å². The van der Waals surface area contributed by atoms with Gasteiger partial charge in [-0.3, -0.25) is 4.79 Å². The maximum Gasteiger partial charge on any atom is 0.260 e. The molecule has 1 aliphatic rings. The van der Waals surface area contributed by atoms with Crippen LogP contribution in [0.1, 0.15) is 25.9 Å². The van der Waals surface area contributed by atoms with Crippen molar-refractivity contribution in [1.82, 2.24) is 14.5 Å². The Bertz CT molecular complexity index is 890. The van der Waals surface area contributed by atoms with E-state index in [1.807, 2.05) is 0 Å². The number of aliphatic hydroxyl groups excluding tert-OH is 2. The van der Waals surface area contributed by atoms with Crippen LogP contribution in [0.5, 0.6) is 0 Å². The lowest BCUT2D eigenvalue weighted by molar-refractivity contribution is -0.0845. The molecule has 3 rings (SSSR count). The van der Waals surface area contributed by atoms with Gasteiger partial charge in [-0.15, -0.1) is 5.92 Å². The second kappa shape index (κ2) is 5.72. The van der Waals surface area contributed by atoms with E-state index in [1.165, 1.54) is 24.6 Å². The number of aryl methyl sites for hydroxylation is 1. The van der Waals surface area contributed by atoms with Crippen LogP contribution in [0.3, 0.4) is 0 Å². The van der Waals surface area contributed by atoms with Gasteiger partial charge in [-0.25, -0.2) is 4.98 Å². The molecule has 1 saturated heterocycles. The van der Waals surface area contributed by atoms with E-state index >= 15 is 0 Å². The smallest absolute Gasteiger partial charge is 0.260 e. The van der Waals surface area contributed by atoms with Crippen LogP contribution in [-0.4, -0.2) is 53.8 Å². The van der Waals surface area contributed by atoms with E-state index in [4.69, 9.17) is 4.74 Å². The van der Waals surface area contributed by atoms with Crippen LogP contribution < -0.4 is 5.56 Å². The first-order valence-corrected chi connectivity index (χ1v) is 7.55. The molecule has 8 nitrogen and oxygen atoms in total. The summed E-state index contributed by atoms with van der Waals surface area (Å²) in [5.74, 6) is 5.56. The molecule has 0 spiro atoms. The van der Waals surface area contributed by atoms with Gasteiger partial charge in [0.05, 0.1) is 11.5 Å². The number of hydrogen-bond donors (Lipinski definition) is 4. The molecule has 0 aromatic carbocycles. The number of rotatable bonds is 2. The molecule has 1 unspecified atom stereocenters. The van der Waals surface area contributed by atoms with Gasteiger partial charge in [0.2, 0.25) is 0 Å². The molecular formula is C16H19N3O5. The lowest BCUT2D eigenvalue weighted by atomic mass is 9.93. The highest BCUT2D eigenvalue weighted by Gasteiger charge is 2.57. The quantitative estimate of drug-likeness (QED) is 0.546. The van der Waals surface area contributed by atoms with Crippen molar-refractivity contribution in [1.29, 1.82) is 0 Å². The van der Waals surface area contributed by atoms with Crippen molar-refractivity contribution >= 4 is 11.0 Å². The Labute approximate surface area is 137 Å². The molecule has 2 aromatic heterocycles. The van der Waals surface area contributed by atoms with Crippen LogP contribution in [-0.2, 0) is 4.74 Å². The first kappa shape index (κ1) is 16.7. The monoisotopic (exact) mass is 333 g/mol. The van der Waals surface area contributed by atoms with E-state index in [0.717, 1.165) is 0 Å². The van der Waals surface area contributed by atoms with Crippen LogP contribution in [0.15, 0.2) is 17.1 Å². The molecule has 0 aliphatic carbocycles. The van der Waals surface area contributed by atoms with Gasteiger partial charge in [0.15, 0.2) is 11.8 Å². The summed E-state index contributed by atoms with van der Waals surface area (Å²) in [6.07, 6.45) is -3.05. The Kier molecular flexibility index (Phi) is 3.97. The highest BCUT2D eigenvalue weighted by atomic mass is 16.6. The maximum absolute atomic E-state index is 12.0. The summed E-state index contributed by atoms with van der Waals surface area (Å²) < 4.78 is 7.15. The average molecular weight is 333 g/mol. The van der Waals surface area contributed by atoms with E-state index in [0.29, 0.717) is 16.9 Å². The molecule has 8 heteroatoms. The Morgan fingerprint density at radius 2 is 2.25 bits per heavy atom. The summed E-state index contributed by atoms with van der Waals surface area (Å²) in [5, 5.41) is 31.5. The van der Waals surface area contributed by atoms with Gasteiger partial charge < -0.3 is 29.6 Å². The summed E-state index contributed by atoms with van der Waals surface area (Å²) in [6, 6.07) is 1.55. The molecule has 3 heterocycles. The number of fused-ring (bicyclic) bond motifs is 1. The zero-order valence-electron chi connectivity index (χ0n) is 13.5. The highest BCUT2D eigenvalue weighted by molar-refractivity contribution is 5.75. The molecule has 0 saturated carbocycles. The summed E-state index contributed by atoms with van der Waals surface area (Å²) in [6.45, 7) is 4.62. The van der Waals surface area contributed by atoms with E-state index < -0.39 is 30.1 Å². The van der Waals surface area contributed by atoms with Crippen molar-refractivity contribution in [3.8, 4) is 11.8 Å². The Morgan fingerprint density at radius 1 is 1.54 bits per heavy atom. The molecule has 128 valence electrons. The van der Waals surface area contributed by atoms with Gasteiger partial charge in [-0.05, 0) is 26.8 Å². The van der Waals surface area contributed by atoms with Crippen molar-refractivity contribution in [2.24, 2.45) is 0 Å². The Morgan fingerprint density at radius 3 is 2.88 bits per heavy atom. The summed E-state index contributed by atoms with van der Waals surface area (Å²) in [5.41, 5.74) is -1.96. The lowest BCUT2D eigenvalue weighted by Gasteiger charge is -2.26. The number of ether oxygens (including phenoxy) is 1. The van der Waals surface area contributed by atoms with E-state index in [1.54, 1.807) is 13.0 Å². The van der Waals surface area contributed by atoms with E-state index in [-0.39, 0.29) is 5.56 Å². The zero-order chi connectivity index (χ0) is 17.6. The highest BCUT2D eigenvalue weighted by Crippen LogP contribution is 2.40. The number of aliphatic hydroxyl groups is 3. The van der Waals surface area contributed by atoms with Crippen LogP contribution in [0.4, 0.5) is 0 Å². The summed E-state index contributed by atoms with van der Waals surface area (Å²) >= 11 is 0. The third kappa shape index (κ3) is 2.34. The standard InChI is InChI=1S/C16H19N3O5/c1-4-6-16(23)12(21)11(8(2)20)24-15(16)19-7-5-10-13(19)17-9(3)18-14(10)22/h5,7-8,11-12,15,20-21,23H,1-3H3,(H,17,18,22)/t8-,11+,12-,15+,16?/m0/s1. The van der Waals surface area contributed by atoms with Crippen LogP contribution in [0.25, 0.3) is 11.0 Å². The number of nitrogens with zero attached hydrogens (tertiary/aromatic N) is 2. The fraction of sp³-hybridized carbons (Fsp3) is 0.500. The fourth-order valence-electron chi connectivity index (χ4n) is 3.06. The number of aromatic amines is 1. The molecular weight excluding hydrogens is 314 g/mol. The largest absolute Gasteiger partial charge is 0.391 e. The Hall–Kier alpha value is -2.18. The van der Waals surface area contributed by atoms with Gasteiger partial charge in [-0.1, -0.05) is 5.92 Å². The topological polar surface area (TPSA) is 121 Å². The molecule has 1 fully saturated rings. The molecule has 1 aliphatic heterocycles. The van der Waals surface area contributed by atoms with Gasteiger partial charge in [0.25, 0.3) is 5.56 Å². The van der Waals surface area contributed by atoms with Gasteiger partial charge in [0, 0.05) is 6.20 Å². The number of aromatic nitrogens is 3. The first-order valence-electron chi connectivity index (χ1n) is 7.55. The van der Waals surface area contributed by atoms with Crippen LogP contribution in [0, 0.1) is 18.8 Å². The number of H-pyrrole nitrogens is 1. The van der Waals surface area contributed by atoms with Gasteiger partial charge in [0.1, 0.15) is 23.7 Å². The van der Waals surface area contributed by atoms with Crippen molar-refractivity contribution in [2.45, 2.75) is 50.9 Å². The van der Waals surface area contributed by atoms with Crippen molar-refractivity contribution in [2.75, 3.05) is 0 Å². The zero-order valence-corrected chi connectivity index (χ0v) is 13.5.